The number of aromatic hydroxyl groups is 2. The number of hydrogen-bond donors (Lipinski definition) is 4. The lowest BCUT2D eigenvalue weighted by Crippen LogP contribution is -2.26. The van der Waals surface area contributed by atoms with Crippen LogP contribution in [0.2, 0.25) is 0 Å². The summed E-state index contributed by atoms with van der Waals surface area (Å²) in [6, 6.07) is 16.9. The van der Waals surface area contributed by atoms with E-state index in [0.29, 0.717) is 22.3 Å². The Kier molecular flexibility index (Phi) is 5.45. The molecule has 0 aliphatic heterocycles. The zero-order valence-electron chi connectivity index (χ0n) is 16.4. The normalized spacial score (nSPS) is 11.6. The molecule has 0 bridgehead atoms. The summed E-state index contributed by atoms with van der Waals surface area (Å²) in [5.41, 5.74) is 3.83. The zero-order valence-corrected chi connectivity index (χ0v) is 16.4. The van der Waals surface area contributed by atoms with Gasteiger partial charge in [0.2, 0.25) is 0 Å². The average Bonchev–Trinajstić information content (AvgIpc) is 2.70. The van der Waals surface area contributed by atoms with Crippen molar-refractivity contribution in [1.82, 2.24) is 0 Å². The van der Waals surface area contributed by atoms with Crippen molar-refractivity contribution in [3.8, 4) is 11.5 Å². The van der Waals surface area contributed by atoms with Crippen LogP contribution in [-0.2, 0) is 18.6 Å². The fraction of sp³-hybridized carbons (Fsp3) is 0.250. The molecule has 3 aromatic rings. The van der Waals surface area contributed by atoms with Gasteiger partial charge in [-0.3, -0.25) is 0 Å². The average molecular weight is 378 g/mol. The lowest BCUT2D eigenvalue weighted by Gasteiger charge is -2.34. The van der Waals surface area contributed by atoms with Crippen molar-refractivity contribution in [2.75, 3.05) is 0 Å². The first-order valence-electron chi connectivity index (χ1n) is 9.26. The highest BCUT2D eigenvalue weighted by Crippen LogP contribution is 2.48. The maximum Gasteiger partial charge on any atom is 0.125 e. The Morgan fingerprint density at radius 1 is 0.714 bits per heavy atom. The molecule has 3 aromatic carbocycles. The maximum absolute atomic E-state index is 11.0. The van der Waals surface area contributed by atoms with Crippen LogP contribution in [0, 0.1) is 13.8 Å². The van der Waals surface area contributed by atoms with Gasteiger partial charge in [-0.1, -0.05) is 65.7 Å². The van der Waals surface area contributed by atoms with Crippen LogP contribution in [0.3, 0.4) is 0 Å². The summed E-state index contributed by atoms with van der Waals surface area (Å²) in [7, 11) is 0. The third-order valence-corrected chi connectivity index (χ3v) is 5.44. The number of hydrogen-bond acceptors (Lipinski definition) is 4. The van der Waals surface area contributed by atoms with E-state index in [1.165, 1.54) is 0 Å². The molecule has 4 heteroatoms. The monoisotopic (exact) mass is 378 g/mol. The number of aliphatic hydroxyl groups is 2. The lowest BCUT2D eigenvalue weighted by molar-refractivity contribution is 0.274. The van der Waals surface area contributed by atoms with Crippen LogP contribution in [0.1, 0.15) is 45.9 Å². The number of aryl methyl sites for hydroxylation is 2. The molecule has 0 radical (unpaired) electrons. The van der Waals surface area contributed by atoms with Crippen molar-refractivity contribution < 1.29 is 20.4 Å². The molecule has 0 heterocycles. The van der Waals surface area contributed by atoms with E-state index in [1.807, 2.05) is 63.2 Å². The highest BCUT2D eigenvalue weighted by atomic mass is 16.3. The third-order valence-electron chi connectivity index (χ3n) is 5.44. The van der Waals surface area contributed by atoms with Crippen molar-refractivity contribution >= 4 is 0 Å². The molecule has 0 atom stereocenters. The van der Waals surface area contributed by atoms with Crippen LogP contribution >= 0.6 is 0 Å². The van der Waals surface area contributed by atoms with Gasteiger partial charge in [0.25, 0.3) is 0 Å². The molecule has 4 nitrogen and oxygen atoms in total. The first-order valence-corrected chi connectivity index (χ1v) is 9.26. The van der Waals surface area contributed by atoms with E-state index >= 15 is 0 Å². The predicted octanol–water partition coefficient (Wildman–Crippen LogP) is 4.05. The second-order valence-electron chi connectivity index (χ2n) is 7.45. The Labute approximate surface area is 165 Å². The Balaban J connectivity index is 2.44. The van der Waals surface area contributed by atoms with Crippen LogP contribution < -0.4 is 0 Å². The van der Waals surface area contributed by atoms with Gasteiger partial charge in [0.15, 0.2) is 0 Å². The molecule has 0 aromatic heterocycles. The fourth-order valence-corrected chi connectivity index (χ4v) is 3.94. The van der Waals surface area contributed by atoms with Gasteiger partial charge in [0, 0.05) is 27.7 Å². The summed E-state index contributed by atoms with van der Waals surface area (Å²) in [5, 5.41) is 41.4. The van der Waals surface area contributed by atoms with Gasteiger partial charge >= 0.3 is 0 Å². The molecule has 0 saturated carbocycles. The largest absolute Gasteiger partial charge is 0.507 e. The summed E-state index contributed by atoms with van der Waals surface area (Å²) in [6.45, 7) is 5.18. The number of rotatable bonds is 5. The van der Waals surface area contributed by atoms with Crippen molar-refractivity contribution in [2.24, 2.45) is 0 Å². The minimum Gasteiger partial charge on any atom is -0.507 e. The van der Waals surface area contributed by atoms with Gasteiger partial charge in [-0.15, -0.1) is 0 Å². The molecular formula is C24H26O4. The summed E-state index contributed by atoms with van der Waals surface area (Å²) in [6.07, 6.45) is 0. The van der Waals surface area contributed by atoms with Gasteiger partial charge in [-0.05, 0) is 26.3 Å². The van der Waals surface area contributed by atoms with Gasteiger partial charge in [0.1, 0.15) is 11.5 Å². The quantitative estimate of drug-likeness (QED) is 0.505. The van der Waals surface area contributed by atoms with Crippen LogP contribution in [0.4, 0.5) is 0 Å². The minimum absolute atomic E-state index is 0.00547. The number of phenols is 2. The highest BCUT2D eigenvalue weighted by Gasteiger charge is 2.37. The molecule has 0 saturated heterocycles. The second kappa shape index (κ2) is 7.66. The Morgan fingerprint density at radius 2 is 1.14 bits per heavy atom. The Hall–Kier alpha value is -2.82. The van der Waals surface area contributed by atoms with Crippen LogP contribution in [0.5, 0.6) is 11.5 Å². The maximum atomic E-state index is 11.0. The molecule has 0 amide bonds. The predicted molar refractivity (Wildman–Crippen MR) is 110 cm³/mol. The second-order valence-corrected chi connectivity index (χ2v) is 7.45. The minimum atomic E-state index is -0.901. The van der Waals surface area contributed by atoms with E-state index in [0.717, 1.165) is 16.7 Å². The molecule has 4 N–H and O–H groups in total. The SMILES string of the molecule is Cc1cc(CO)c(O)c(C(C)(c2ccccc2)c2cc(C)cc(CO)c2O)c1. The smallest absolute Gasteiger partial charge is 0.125 e. The molecule has 146 valence electrons. The van der Waals surface area contributed by atoms with Crippen molar-refractivity contribution in [2.45, 2.75) is 39.4 Å². The van der Waals surface area contributed by atoms with Crippen molar-refractivity contribution in [3.63, 3.8) is 0 Å². The van der Waals surface area contributed by atoms with Crippen LogP contribution in [-0.4, -0.2) is 20.4 Å². The van der Waals surface area contributed by atoms with E-state index < -0.39 is 5.41 Å². The molecule has 3 rings (SSSR count). The lowest BCUT2D eigenvalue weighted by atomic mass is 9.69. The van der Waals surface area contributed by atoms with Gasteiger partial charge in [-0.25, -0.2) is 0 Å². The molecule has 0 aliphatic rings. The zero-order chi connectivity index (χ0) is 20.5. The van der Waals surface area contributed by atoms with Gasteiger partial charge < -0.3 is 20.4 Å². The Bertz CT molecular complexity index is 934. The summed E-state index contributed by atoms with van der Waals surface area (Å²) < 4.78 is 0. The standard InChI is InChI=1S/C24H26O4/c1-15-9-17(13-25)22(27)20(11-15)24(3,19-7-5-4-6-8-19)21-12-16(2)10-18(14-26)23(21)28/h4-12,25-28H,13-14H2,1-3H3. The van der Waals surface area contributed by atoms with Crippen molar-refractivity contribution in [1.29, 1.82) is 0 Å². The fourth-order valence-electron chi connectivity index (χ4n) is 3.94. The molecule has 0 unspecified atom stereocenters. The number of aliphatic hydroxyl groups excluding tert-OH is 2. The first-order chi connectivity index (χ1) is 13.3. The molecule has 0 aliphatic carbocycles. The number of benzene rings is 3. The third kappa shape index (κ3) is 3.26. The van der Waals surface area contributed by atoms with E-state index in [1.54, 1.807) is 12.1 Å². The summed E-state index contributed by atoms with van der Waals surface area (Å²) in [5.74, 6) is 0.0109. The van der Waals surface area contributed by atoms with Crippen LogP contribution in [0.25, 0.3) is 0 Å². The summed E-state index contributed by atoms with van der Waals surface area (Å²) in [4.78, 5) is 0. The van der Waals surface area contributed by atoms with E-state index in [9.17, 15) is 20.4 Å². The Morgan fingerprint density at radius 3 is 1.54 bits per heavy atom. The van der Waals surface area contributed by atoms with E-state index in [2.05, 4.69) is 0 Å². The summed E-state index contributed by atoms with van der Waals surface area (Å²) >= 11 is 0. The van der Waals surface area contributed by atoms with E-state index in [-0.39, 0.29) is 24.7 Å². The molecule has 28 heavy (non-hydrogen) atoms. The first kappa shape index (κ1) is 19.9. The van der Waals surface area contributed by atoms with Gasteiger partial charge in [0.05, 0.1) is 13.2 Å². The van der Waals surface area contributed by atoms with E-state index in [4.69, 9.17) is 0 Å². The topological polar surface area (TPSA) is 80.9 Å². The molecule has 0 fully saturated rings. The van der Waals surface area contributed by atoms with Crippen molar-refractivity contribution in [3.05, 3.63) is 93.5 Å². The van der Waals surface area contributed by atoms with Gasteiger partial charge in [-0.2, -0.15) is 0 Å². The molecular weight excluding hydrogens is 352 g/mol. The van der Waals surface area contributed by atoms with Crippen LogP contribution in [0.15, 0.2) is 54.6 Å². The highest BCUT2D eigenvalue weighted by molar-refractivity contribution is 5.62. The molecule has 0 spiro atoms.